The van der Waals surface area contributed by atoms with Crippen molar-refractivity contribution in [3.8, 4) is 12.3 Å². The molecule has 0 bridgehead atoms. The molecule has 41 heavy (non-hydrogen) atoms. The third kappa shape index (κ3) is 6.30. The van der Waals surface area contributed by atoms with Gasteiger partial charge in [0.05, 0.1) is 18.0 Å². The van der Waals surface area contributed by atoms with Gasteiger partial charge >= 0.3 is 0 Å². The Morgan fingerprint density at radius 3 is 2.71 bits per heavy atom. The van der Waals surface area contributed by atoms with Crippen molar-refractivity contribution < 1.29 is 26.4 Å². The molecule has 0 radical (unpaired) electrons. The maximum Gasteiger partial charge on any atom is 0.283 e. The predicted molar refractivity (Wildman–Crippen MR) is 153 cm³/mol. The molecule has 2 amide bonds. The molecular weight excluding hydrogens is 591 g/mol. The number of rotatable bonds is 7. The Morgan fingerprint density at radius 2 is 1.98 bits per heavy atom. The SMILES string of the molecule is C#Cc1ccc2[nH]c(S(=O)(=O)N3CCN(C(=O)c4nc5c(s4)CN(C)CC5)C(CC(=O)NNS(C)(=O)=O)C3)cc2c1. The second kappa shape index (κ2) is 11.2. The summed E-state index contributed by atoms with van der Waals surface area (Å²) in [6.45, 7) is 1.34. The lowest BCUT2D eigenvalue weighted by Gasteiger charge is -2.40. The first kappa shape index (κ1) is 29.2. The molecule has 0 saturated carbocycles. The van der Waals surface area contributed by atoms with Crippen LogP contribution in [0.3, 0.4) is 0 Å². The van der Waals surface area contributed by atoms with Crippen LogP contribution < -0.4 is 10.3 Å². The molecule has 1 aromatic carbocycles. The highest BCUT2D eigenvalue weighted by molar-refractivity contribution is 7.89. The number of benzene rings is 1. The first-order chi connectivity index (χ1) is 19.3. The van der Waals surface area contributed by atoms with Crippen molar-refractivity contribution >= 4 is 54.1 Å². The molecule has 3 N–H and O–H groups in total. The van der Waals surface area contributed by atoms with Crippen LogP contribution in [0.2, 0.25) is 0 Å². The summed E-state index contributed by atoms with van der Waals surface area (Å²) >= 11 is 1.30. The summed E-state index contributed by atoms with van der Waals surface area (Å²) in [6.07, 6.45) is 6.73. The van der Waals surface area contributed by atoms with Crippen LogP contribution >= 0.6 is 11.3 Å². The lowest BCUT2D eigenvalue weighted by molar-refractivity contribution is -0.122. The second-order valence-electron chi connectivity index (χ2n) is 10.1. The summed E-state index contributed by atoms with van der Waals surface area (Å²) in [7, 11) is -5.78. The van der Waals surface area contributed by atoms with Crippen molar-refractivity contribution in [2.75, 3.05) is 39.5 Å². The minimum atomic E-state index is -4.04. The highest BCUT2D eigenvalue weighted by Gasteiger charge is 2.39. The smallest absolute Gasteiger partial charge is 0.283 e. The lowest BCUT2D eigenvalue weighted by atomic mass is 10.1. The number of hydrogen-bond acceptors (Lipinski definition) is 9. The largest absolute Gasteiger partial charge is 0.345 e. The second-order valence-corrected chi connectivity index (χ2v) is 14.8. The number of hydrogen-bond donors (Lipinski definition) is 3. The van der Waals surface area contributed by atoms with E-state index in [1.165, 1.54) is 26.6 Å². The number of carbonyl (C=O) groups excluding carboxylic acids is 2. The van der Waals surface area contributed by atoms with Crippen LogP contribution in [-0.2, 0) is 37.8 Å². The van der Waals surface area contributed by atoms with Crippen molar-refractivity contribution in [1.29, 1.82) is 0 Å². The van der Waals surface area contributed by atoms with Crippen LogP contribution in [0.1, 0.15) is 32.4 Å². The summed E-state index contributed by atoms with van der Waals surface area (Å²) in [5.74, 6) is 1.41. The van der Waals surface area contributed by atoms with Crippen LogP contribution in [0.25, 0.3) is 10.9 Å². The number of amides is 2. The molecule has 1 atom stereocenters. The number of terminal acetylenes is 1. The van der Waals surface area contributed by atoms with E-state index in [0.717, 1.165) is 29.8 Å². The predicted octanol–water partition coefficient (Wildman–Crippen LogP) is 0.0794. The number of piperazine rings is 1. The van der Waals surface area contributed by atoms with Gasteiger partial charge in [-0.3, -0.25) is 15.0 Å². The van der Waals surface area contributed by atoms with Gasteiger partial charge in [0.1, 0.15) is 5.03 Å². The van der Waals surface area contributed by atoms with Gasteiger partial charge in [-0.1, -0.05) is 5.92 Å². The van der Waals surface area contributed by atoms with Crippen molar-refractivity contribution in [2.24, 2.45) is 0 Å². The van der Waals surface area contributed by atoms with E-state index in [4.69, 9.17) is 6.42 Å². The minimum absolute atomic E-state index is 0.00736. The Hall–Kier alpha value is -3.33. The van der Waals surface area contributed by atoms with Crippen LogP contribution in [0.5, 0.6) is 0 Å². The highest BCUT2D eigenvalue weighted by atomic mass is 32.2. The Bertz CT molecular complexity index is 1770. The van der Waals surface area contributed by atoms with Crippen LogP contribution in [0, 0.1) is 12.3 Å². The Kier molecular flexibility index (Phi) is 7.94. The fourth-order valence-electron chi connectivity index (χ4n) is 4.91. The minimum Gasteiger partial charge on any atom is -0.345 e. The fraction of sp³-hybridized carbons (Fsp3) is 0.400. The first-order valence-electron chi connectivity index (χ1n) is 12.7. The molecule has 1 fully saturated rings. The molecule has 5 rings (SSSR count). The zero-order chi connectivity index (χ0) is 29.5. The van der Waals surface area contributed by atoms with Crippen molar-refractivity contribution in [3.05, 3.63) is 45.4 Å². The Balaban J connectivity index is 1.41. The lowest BCUT2D eigenvalue weighted by Crippen LogP contribution is -2.58. The number of thiazole rings is 1. The number of aromatic nitrogens is 2. The average molecular weight is 620 g/mol. The Labute approximate surface area is 242 Å². The van der Waals surface area contributed by atoms with E-state index in [1.54, 1.807) is 18.2 Å². The molecule has 218 valence electrons. The molecule has 2 aromatic heterocycles. The molecule has 0 aliphatic carbocycles. The molecule has 13 nitrogen and oxygen atoms in total. The molecule has 0 spiro atoms. The fourth-order valence-corrected chi connectivity index (χ4v) is 7.84. The normalized spacial score (nSPS) is 18.7. The highest BCUT2D eigenvalue weighted by Crippen LogP contribution is 2.29. The number of hydrazine groups is 1. The number of likely N-dealkylation sites (N-methyl/N-ethyl adjacent to an activating group) is 1. The van der Waals surface area contributed by atoms with E-state index in [2.05, 4.69) is 26.2 Å². The molecule has 2 aliphatic heterocycles. The monoisotopic (exact) mass is 619 g/mol. The number of sulfonamides is 2. The van der Waals surface area contributed by atoms with E-state index in [9.17, 15) is 26.4 Å². The van der Waals surface area contributed by atoms with Gasteiger partial charge in [0, 0.05) is 66.9 Å². The number of carbonyl (C=O) groups is 2. The zero-order valence-corrected chi connectivity index (χ0v) is 24.8. The summed E-state index contributed by atoms with van der Waals surface area (Å²) in [5, 5.41) is 0.871. The van der Waals surface area contributed by atoms with E-state index < -0.39 is 37.9 Å². The van der Waals surface area contributed by atoms with E-state index in [-0.39, 0.29) is 36.1 Å². The van der Waals surface area contributed by atoms with Gasteiger partial charge in [0.2, 0.25) is 15.9 Å². The van der Waals surface area contributed by atoms with Crippen LogP contribution in [0.15, 0.2) is 29.3 Å². The average Bonchev–Trinajstić information content (AvgIpc) is 3.55. The molecule has 1 saturated heterocycles. The maximum atomic E-state index is 13.7. The molecule has 16 heteroatoms. The number of nitrogens with zero attached hydrogens (tertiary/aromatic N) is 4. The van der Waals surface area contributed by atoms with Gasteiger partial charge in [-0.05, 0) is 31.3 Å². The molecular formula is C25H29N7O6S3. The summed E-state index contributed by atoms with van der Waals surface area (Å²) < 4.78 is 51.4. The van der Waals surface area contributed by atoms with E-state index in [1.807, 2.05) is 11.9 Å². The molecule has 2 aliphatic rings. The summed E-state index contributed by atoms with van der Waals surface area (Å²) in [5.41, 5.74) is 4.18. The summed E-state index contributed by atoms with van der Waals surface area (Å²) in [4.78, 5) is 40.3. The molecule has 3 aromatic rings. The first-order valence-corrected chi connectivity index (χ1v) is 16.8. The number of fused-ring (bicyclic) bond motifs is 2. The van der Waals surface area contributed by atoms with Crippen LogP contribution in [0.4, 0.5) is 0 Å². The number of aromatic amines is 1. The third-order valence-electron chi connectivity index (χ3n) is 6.99. The van der Waals surface area contributed by atoms with Crippen molar-refractivity contribution in [3.63, 3.8) is 0 Å². The Morgan fingerprint density at radius 1 is 1.20 bits per heavy atom. The van der Waals surface area contributed by atoms with Gasteiger partial charge in [0.15, 0.2) is 5.01 Å². The number of H-pyrrole nitrogens is 1. The maximum absolute atomic E-state index is 13.7. The third-order valence-corrected chi connectivity index (χ3v) is 10.3. The van der Waals surface area contributed by atoms with Gasteiger partial charge in [-0.15, -0.1) is 22.6 Å². The topological polar surface area (TPSA) is 165 Å². The quantitative estimate of drug-likeness (QED) is 0.247. The van der Waals surface area contributed by atoms with Crippen molar-refractivity contribution in [2.45, 2.75) is 30.5 Å². The zero-order valence-electron chi connectivity index (χ0n) is 22.4. The standard InChI is InChI=1S/C25H29N7O6S3/c1-4-16-5-6-19-17(11-16)12-23(26-19)41(37,38)31-9-10-32(18(14-31)13-22(33)28-29-40(3,35)36)25(34)24-27-20-7-8-30(2)15-21(20)39-24/h1,5-6,11-12,18,26,29H,7-10,13-15H2,2-3H3,(H,28,33). The van der Waals surface area contributed by atoms with Crippen LogP contribution in [-0.4, -0.2) is 98.2 Å². The number of nitrogens with one attached hydrogen (secondary N) is 3. The van der Waals surface area contributed by atoms with E-state index in [0.29, 0.717) is 23.0 Å². The van der Waals surface area contributed by atoms with Gasteiger partial charge in [-0.2, -0.15) is 4.31 Å². The van der Waals surface area contributed by atoms with Crippen molar-refractivity contribution in [1.82, 2.24) is 34.3 Å². The van der Waals surface area contributed by atoms with Gasteiger partial charge < -0.3 is 14.8 Å². The van der Waals surface area contributed by atoms with Gasteiger partial charge in [-0.25, -0.2) is 21.8 Å². The molecule has 4 heterocycles. The molecule has 1 unspecified atom stereocenters. The summed E-state index contributed by atoms with van der Waals surface area (Å²) in [6, 6.07) is 5.72. The van der Waals surface area contributed by atoms with Gasteiger partial charge in [0.25, 0.3) is 15.9 Å². The van der Waals surface area contributed by atoms with E-state index >= 15 is 0 Å².